The maximum Gasteiger partial charge on any atom is 0.115 e. The van der Waals surface area contributed by atoms with Crippen LogP contribution < -0.4 is 5.73 Å². The molecule has 5 nitrogen and oxygen atoms in total. The summed E-state index contributed by atoms with van der Waals surface area (Å²) < 4.78 is 4.73. The van der Waals surface area contributed by atoms with E-state index in [1.54, 1.807) is 0 Å². The summed E-state index contributed by atoms with van der Waals surface area (Å²) in [5.41, 5.74) is 25.1. The molecule has 0 aliphatic heterocycles. The van der Waals surface area contributed by atoms with Gasteiger partial charge in [-0.25, -0.2) is 0 Å². The second-order valence-corrected chi connectivity index (χ2v) is 15.4. The van der Waals surface area contributed by atoms with E-state index >= 15 is 0 Å². The van der Waals surface area contributed by atoms with Crippen LogP contribution in [0.1, 0.15) is 47.7 Å². The maximum atomic E-state index is 7.52. The van der Waals surface area contributed by atoms with E-state index in [-0.39, 0.29) is 5.92 Å². The van der Waals surface area contributed by atoms with Crippen LogP contribution in [-0.2, 0) is 11.8 Å². The fourth-order valence-corrected chi connectivity index (χ4v) is 10.1. The minimum atomic E-state index is -0.434. The SMILES string of the molecule is C/C=C\C1=C(N)c2c(ccc3c4c(n(-c5ccc(-c6ccc(-n7c8cccnc8c8ncccc87)cc6)cc5)c23)C=CCC4)C1(c1ccccc1)C1C=CC=CC1. The lowest BCUT2D eigenvalue weighted by Gasteiger charge is -2.40. The normalized spacial score (nSPS) is 18.7. The van der Waals surface area contributed by atoms with E-state index < -0.39 is 5.41 Å². The van der Waals surface area contributed by atoms with Crippen LogP contribution in [-0.4, -0.2) is 19.1 Å². The Kier molecular flexibility index (Phi) is 7.65. The molecular formula is C52H41N5. The average Bonchev–Trinajstić information content (AvgIpc) is 3.88. The Balaban J connectivity index is 1.06. The molecule has 0 saturated heterocycles. The molecule has 11 rings (SSSR count). The molecule has 0 fully saturated rings. The van der Waals surface area contributed by atoms with Gasteiger partial charge in [0.15, 0.2) is 0 Å². The zero-order valence-corrected chi connectivity index (χ0v) is 31.8. The first-order chi connectivity index (χ1) is 28.2. The number of pyridine rings is 2. The Labute approximate surface area is 332 Å². The first-order valence-electron chi connectivity index (χ1n) is 20.0. The van der Waals surface area contributed by atoms with E-state index in [2.05, 4.69) is 178 Å². The van der Waals surface area contributed by atoms with Gasteiger partial charge in [-0.15, -0.1) is 0 Å². The number of nitrogens with zero attached hydrogens (tertiary/aromatic N) is 4. The van der Waals surface area contributed by atoms with Crippen LogP contribution in [0.5, 0.6) is 0 Å². The van der Waals surface area contributed by atoms with Crippen molar-refractivity contribution in [2.75, 3.05) is 0 Å². The second kappa shape index (κ2) is 13.1. The van der Waals surface area contributed by atoms with E-state index in [0.29, 0.717) is 0 Å². The maximum absolute atomic E-state index is 7.52. The van der Waals surface area contributed by atoms with E-state index in [0.717, 1.165) is 75.1 Å². The van der Waals surface area contributed by atoms with Crippen molar-refractivity contribution >= 4 is 44.7 Å². The standard InChI is InChI=1S/C52H41N5/c1-2-13-43-48(53)47-42(52(43,36-14-5-3-6-15-36)37-16-7-4-8-17-37)31-30-41-40-18-9-10-19-44(40)57(51(41)47)39-28-24-35(25-29-39)34-22-26-38(27-23-34)56-45-20-11-32-54-49(45)50-46(56)21-12-33-55-50/h2-8,10-16,19-33,37H,9,17-18,53H2,1H3/b13-2-. The van der Waals surface area contributed by atoms with Gasteiger partial charge in [0.1, 0.15) is 11.0 Å². The van der Waals surface area contributed by atoms with Crippen molar-refractivity contribution in [1.29, 1.82) is 0 Å². The fraction of sp³-hybridized carbons (Fsp3) is 0.115. The predicted octanol–water partition coefficient (Wildman–Crippen LogP) is 11.8. The van der Waals surface area contributed by atoms with Crippen LogP contribution in [0.25, 0.3) is 67.2 Å². The molecule has 0 amide bonds. The summed E-state index contributed by atoms with van der Waals surface area (Å²) in [6.45, 7) is 2.10. The lowest BCUT2D eigenvalue weighted by molar-refractivity contribution is 0.454. The molecule has 4 aromatic heterocycles. The van der Waals surface area contributed by atoms with E-state index in [1.165, 1.54) is 38.9 Å². The summed E-state index contributed by atoms with van der Waals surface area (Å²) >= 11 is 0. The summed E-state index contributed by atoms with van der Waals surface area (Å²) in [7, 11) is 0. The predicted molar refractivity (Wildman–Crippen MR) is 236 cm³/mol. The zero-order chi connectivity index (χ0) is 38.1. The molecule has 274 valence electrons. The lowest BCUT2D eigenvalue weighted by Crippen LogP contribution is -2.36. The summed E-state index contributed by atoms with van der Waals surface area (Å²) in [6.07, 6.45) is 24.8. The quantitative estimate of drug-likeness (QED) is 0.185. The Hall–Kier alpha value is -6.98. The molecule has 0 bridgehead atoms. The second-order valence-electron chi connectivity index (χ2n) is 15.4. The average molecular weight is 736 g/mol. The van der Waals surface area contributed by atoms with Gasteiger partial charge in [-0.05, 0) is 120 Å². The molecule has 8 aromatic rings. The molecule has 0 spiro atoms. The number of benzene rings is 4. The van der Waals surface area contributed by atoms with Crippen molar-refractivity contribution in [2.24, 2.45) is 11.7 Å². The molecule has 2 atom stereocenters. The van der Waals surface area contributed by atoms with Gasteiger partial charge in [0, 0.05) is 46.1 Å². The monoisotopic (exact) mass is 735 g/mol. The molecule has 4 heterocycles. The number of hydrogen-bond donors (Lipinski definition) is 1. The fourth-order valence-electron chi connectivity index (χ4n) is 10.1. The number of allylic oxidation sites excluding steroid dienone is 8. The highest BCUT2D eigenvalue weighted by molar-refractivity contribution is 6.05. The van der Waals surface area contributed by atoms with Gasteiger partial charge >= 0.3 is 0 Å². The molecule has 2 N–H and O–H groups in total. The topological polar surface area (TPSA) is 61.7 Å². The Morgan fingerprint density at radius 1 is 0.719 bits per heavy atom. The van der Waals surface area contributed by atoms with Crippen molar-refractivity contribution in [2.45, 2.75) is 31.6 Å². The van der Waals surface area contributed by atoms with Crippen LogP contribution in [0.15, 0.2) is 176 Å². The van der Waals surface area contributed by atoms with Crippen molar-refractivity contribution in [3.05, 3.63) is 204 Å². The van der Waals surface area contributed by atoms with Gasteiger partial charge < -0.3 is 14.9 Å². The summed E-state index contributed by atoms with van der Waals surface area (Å²) in [4.78, 5) is 9.33. The van der Waals surface area contributed by atoms with E-state index in [4.69, 9.17) is 5.73 Å². The van der Waals surface area contributed by atoms with Crippen LogP contribution in [0.4, 0.5) is 0 Å². The van der Waals surface area contributed by atoms with Gasteiger partial charge in [0.2, 0.25) is 0 Å². The third kappa shape index (κ3) is 4.82. The highest BCUT2D eigenvalue weighted by Gasteiger charge is 2.50. The summed E-state index contributed by atoms with van der Waals surface area (Å²) in [5.74, 6) is 0.209. The third-order valence-corrected chi connectivity index (χ3v) is 12.5. The van der Waals surface area contributed by atoms with Crippen LogP contribution in [0.2, 0.25) is 0 Å². The van der Waals surface area contributed by atoms with Gasteiger partial charge in [0.05, 0.1) is 22.0 Å². The zero-order valence-electron chi connectivity index (χ0n) is 31.8. The van der Waals surface area contributed by atoms with Crippen LogP contribution in [0, 0.1) is 5.92 Å². The van der Waals surface area contributed by atoms with Gasteiger partial charge in [-0.1, -0.05) is 109 Å². The number of hydrogen-bond acceptors (Lipinski definition) is 3. The molecule has 0 radical (unpaired) electrons. The van der Waals surface area contributed by atoms with Gasteiger partial charge in [-0.3, -0.25) is 9.97 Å². The van der Waals surface area contributed by atoms with Crippen LogP contribution in [0.3, 0.4) is 0 Å². The summed E-state index contributed by atoms with van der Waals surface area (Å²) in [5, 5.41) is 1.29. The third-order valence-electron chi connectivity index (χ3n) is 12.5. The molecular weight excluding hydrogens is 695 g/mol. The number of fused-ring (bicyclic) bond motifs is 8. The molecule has 3 aliphatic carbocycles. The Morgan fingerprint density at radius 2 is 1.40 bits per heavy atom. The molecule has 5 heteroatoms. The molecule has 0 saturated carbocycles. The lowest BCUT2D eigenvalue weighted by atomic mass is 9.61. The number of rotatable bonds is 6. The van der Waals surface area contributed by atoms with Gasteiger partial charge in [-0.2, -0.15) is 0 Å². The summed E-state index contributed by atoms with van der Waals surface area (Å²) in [6, 6.07) is 41.9. The minimum Gasteiger partial charge on any atom is -0.398 e. The van der Waals surface area contributed by atoms with E-state index in [9.17, 15) is 0 Å². The Bertz CT molecular complexity index is 2990. The molecule has 2 unspecified atom stereocenters. The smallest absolute Gasteiger partial charge is 0.115 e. The van der Waals surface area contributed by atoms with Crippen molar-refractivity contribution in [3.63, 3.8) is 0 Å². The largest absolute Gasteiger partial charge is 0.398 e. The first kappa shape index (κ1) is 33.4. The molecule has 3 aliphatic rings. The van der Waals surface area contributed by atoms with Crippen molar-refractivity contribution in [1.82, 2.24) is 19.1 Å². The van der Waals surface area contributed by atoms with Gasteiger partial charge in [0.25, 0.3) is 0 Å². The number of aromatic nitrogens is 4. The molecule has 4 aromatic carbocycles. The minimum absolute atomic E-state index is 0.209. The van der Waals surface area contributed by atoms with Crippen molar-refractivity contribution < 1.29 is 0 Å². The molecule has 57 heavy (non-hydrogen) atoms. The van der Waals surface area contributed by atoms with Crippen LogP contribution >= 0.6 is 0 Å². The highest BCUT2D eigenvalue weighted by atomic mass is 15.0. The van der Waals surface area contributed by atoms with E-state index in [1.807, 2.05) is 24.5 Å². The highest BCUT2D eigenvalue weighted by Crippen LogP contribution is 2.58. The first-order valence-corrected chi connectivity index (χ1v) is 20.0. The number of nitrogens with two attached hydrogens (primary N) is 1. The van der Waals surface area contributed by atoms with Crippen molar-refractivity contribution in [3.8, 4) is 22.5 Å². The number of aryl methyl sites for hydroxylation is 1. The Morgan fingerprint density at radius 3 is 2.05 bits per heavy atom.